The Hall–Kier alpha value is -1.89. The van der Waals surface area contributed by atoms with Gasteiger partial charge in [-0.2, -0.15) is 0 Å². The molecule has 0 bridgehead atoms. The van der Waals surface area contributed by atoms with Gasteiger partial charge in [0.2, 0.25) is 11.8 Å². The standard InChI is InChI=1S/C26H42N2O5/c1-3-18-14-15-20-22(21(18)26(32)33-4-2)25(31)28(16-10-5-6-11-17-29)23(20)24(30)27-19-12-8-7-9-13-19/h14-15,18-23,29H,3-13,16-17H2,1-2H3,(H,27,30)/t18-,20+,21-,22+,23+/m1/s1. The van der Waals surface area contributed by atoms with E-state index in [0.717, 1.165) is 57.8 Å². The maximum Gasteiger partial charge on any atom is 0.310 e. The van der Waals surface area contributed by atoms with Crippen molar-refractivity contribution in [3.8, 4) is 0 Å². The van der Waals surface area contributed by atoms with E-state index in [0.29, 0.717) is 6.54 Å². The highest BCUT2D eigenvalue weighted by Crippen LogP contribution is 2.45. The predicted octanol–water partition coefficient (Wildman–Crippen LogP) is 3.21. The number of amides is 2. The Morgan fingerprint density at radius 1 is 1.09 bits per heavy atom. The lowest BCUT2D eigenvalue weighted by molar-refractivity contribution is -0.155. The first kappa shape index (κ1) is 25.7. The maximum absolute atomic E-state index is 13.7. The molecule has 1 saturated heterocycles. The van der Waals surface area contributed by atoms with E-state index in [4.69, 9.17) is 9.84 Å². The molecular weight excluding hydrogens is 420 g/mol. The summed E-state index contributed by atoms with van der Waals surface area (Å²) in [7, 11) is 0. The molecule has 1 heterocycles. The summed E-state index contributed by atoms with van der Waals surface area (Å²) in [5, 5.41) is 12.3. The van der Waals surface area contributed by atoms with Crippen LogP contribution in [0.5, 0.6) is 0 Å². The van der Waals surface area contributed by atoms with E-state index < -0.39 is 17.9 Å². The van der Waals surface area contributed by atoms with Gasteiger partial charge in [0, 0.05) is 25.1 Å². The molecule has 7 heteroatoms. The Morgan fingerprint density at radius 3 is 2.48 bits per heavy atom. The second-order valence-corrected chi connectivity index (χ2v) is 9.80. The average Bonchev–Trinajstić information content (AvgIpc) is 3.10. The molecule has 0 unspecified atom stereocenters. The summed E-state index contributed by atoms with van der Waals surface area (Å²) >= 11 is 0. The lowest BCUT2D eigenvalue weighted by Gasteiger charge is -2.34. The van der Waals surface area contributed by atoms with Gasteiger partial charge in [-0.3, -0.25) is 14.4 Å². The van der Waals surface area contributed by atoms with Gasteiger partial charge in [0.25, 0.3) is 0 Å². The Labute approximate surface area is 198 Å². The lowest BCUT2D eigenvalue weighted by Crippen LogP contribution is -2.50. The third-order valence-electron chi connectivity index (χ3n) is 7.67. The molecule has 2 aliphatic carbocycles. The molecule has 2 fully saturated rings. The number of nitrogens with zero attached hydrogens (tertiary/aromatic N) is 1. The van der Waals surface area contributed by atoms with Gasteiger partial charge in [0.1, 0.15) is 6.04 Å². The highest BCUT2D eigenvalue weighted by molar-refractivity contribution is 5.96. The van der Waals surface area contributed by atoms with Crippen LogP contribution in [0.1, 0.15) is 78.1 Å². The van der Waals surface area contributed by atoms with Gasteiger partial charge in [-0.25, -0.2) is 0 Å². The zero-order valence-electron chi connectivity index (χ0n) is 20.3. The van der Waals surface area contributed by atoms with Gasteiger partial charge in [-0.05, 0) is 44.9 Å². The van der Waals surface area contributed by atoms with Crippen molar-refractivity contribution in [2.45, 2.75) is 90.1 Å². The summed E-state index contributed by atoms with van der Waals surface area (Å²) in [5.74, 6) is -1.95. The van der Waals surface area contributed by atoms with Crippen molar-refractivity contribution in [3.05, 3.63) is 12.2 Å². The number of hydrogen-bond donors (Lipinski definition) is 2. The Bertz CT molecular complexity index is 703. The van der Waals surface area contributed by atoms with Gasteiger partial charge in [-0.1, -0.05) is 51.2 Å². The van der Waals surface area contributed by atoms with Gasteiger partial charge in [0.05, 0.1) is 18.4 Å². The molecule has 3 rings (SSSR count). The molecule has 1 aliphatic heterocycles. The largest absolute Gasteiger partial charge is 0.466 e. The highest BCUT2D eigenvalue weighted by Gasteiger charge is 2.57. The van der Waals surface area contributed by atoms with Crippen LogP contribution in [0.15, 0.2) is 12.2 Å². The van der Waals surface area contributed by atoms with Crippen molar-refractivity contribution < 1.29 is 24.2 Å². The summed E-state index contributed by atoms with van der Waals surface area (Å²) < 4.78 is 5.38. The van der Waals surface area contributed by atoms with Crippen LogP contribution in [-0.2, 0) is 19.1 Å². The molecule has 7 nitrogen and oxygen atoms in total. The minimum absolute atomic E-state index is 0.0548. The monoisotopic (exact) mass is 462 g/mol. The number of rotatable bonds is 11. The van der Waals surface area contributed by atoms with Crippen LogP contribution in [0.4, 0.5) is 0 Å². The third kappa shape index (κ3) is 5.97. The van der Waals surface area contributed by atoms with E-state index in [9.17, 15) is 14.4 Å². The van der Waals surface area contributed by atoms with Gasteiger partial charge in [0.15, 0.2) is 0 Å². The SMILES string of the molecule is CCOC(=O)[C@H]1[C@H]2C(=O)N(CCCCCCO)[C@H](C(=O)NC3CCCCC3)[C@H]2C=C[C@H]1CC. The van der Waals surface area contributed by atoms with E-state index in [1.165, 1.54) is 6.42 Å². The van der Waals surface area contributed by atoms with Crippen molar-refractivity contribution >= 4 is 17.8 Å². The smallest absolute Gasteiger partial charge is 0.310 e. The summed E-state index contributed by atoms with van der Waals surface area (Å²) in [6.45, 7) is 4.75. The normalized spacial score (nSPS) is 29.7. The van der Waals surface area contributed by atoms with Crippen LogP contribution in [-0.4, -0.2) is 59.6 Å². The third-order valence-corrected chi connectivity index (χ3v) is 7.67. The van der Waals surface area contributed by atoms with Crippen molar-refractivity contribution in [2.75, 3.05) is 19.8 Å². The van der Waals surface area contributed by atoms with E-state index in [2.05, 4.69) is 5.32 Å². The fourth-order valence-corrected chi connectivity index (χ4v) is 5.97. The Morgan fingerprint density at radius 2 is 1.82 bits per heavy atom. The summed E-state index contributed by atoms with van der Waals surface area (Å²) in [4.78, 5) is 41.9. The number of aliphatic hydroxyl groups is 1. The number of unbranched alkanes of at least 4 members (excludes halogenated alkanes) is 3. The number of carbonyl (C=O) groups excluding carboxylic acids is 3. The van der Waals surface area contributed by atoms with Crippen molar-refractivity contribution in [1.29, 1.82) is 0 Å². The molecule has 33 heavy (non-hydrogen) atoms. The second kappa shape index (κ2) is 12.5. The fraction of sp³-hybridized carbons (Fsp3) is 0.808. The van der Waals surface area contributed by atoms with Crippen LogP contribution in [0.2, 0.25) is 0 Å². The number of hydrogen-bond acceptors (Lipinski definition) is 5. The second-order valence-electron chi connectivity index (χ2n) is 9.80. The summed E-state index contributed by atoms with van der Waals surface area (Å²) in [6.07, 6.45) is 13.5. The van der Waals surface area contributed by atoms with Crippen LogP contribution < -0.4 is 5.32 Å². The number of nitrogens with one attached hydrogen (secondary N) is 1. The summed E-state index contributed by atoms with van der Waals surface area (Å²) in [5.41, 5.74) is 0. The van der Waals surface area contributed by atoms with Gasteiger partial charge < -0.3 is 20.1 Å². The number of fused-ring (bicyclic) bond motifs is 1. The molecule has 0 aromatic rings. The molecule has 0 aromatic heterocycles. The van der Waals surface area contributed by atoms with Crippen molar-refractivity contribution in [2.24, 2.45) is 23.7 Å². The van der Waals surface area contributed by atoms with Crippen molar-refractivity contribution in [1.82, 2.24) is 10.2 Å². The molecule has 0 aromatic carbocycles. The number of esters is 1. The first-order valence-electron chi connectivity index (χ1n) is 13.1. The molecule has 3 aliphatic rings. The fourth-order valence-electron chi connectivity index (χ4n) is 5.97. The number of carbonyl (C=O) groups is 3. The van der Waals surface area contributed by atoms with E-state index in [1.807, 2.05) is 19.1 Å². The molecule has 1 saturated carbocycles. The highest BCUT2D eigenvalue weighted by atomic mass is 16.5. The zero-order valence-corrected chi connectivity index (χ0v) is 20.3. The van der Waals surface area contributed by atoms with E-state index in [-0.39, 0.29) is 48.9 Å². The maximum atomic E-state index is 13.7. The zero-order chi connectivity index (χ0) is 23.8. The molecule has 5 atom stereocenters. The topological polar surface area (TPSA) is 95.9 Å². The first-order chi connectivity index (χ1) is 16.0. The van der Waals surface area contributed by atoms with Crippen LogP contribution in [0, 0.1) is 23.7 Å². The lowest BCUT2D eigenvalue weighted by atomic mass is 9.69. The molecule has 186 valence electrons. The van der Waals surface area contributed by atoms with Crippen LogP contribution >= 0.6 is 0 Å². The van der Waals surface area contributed by atoms with E-state index in [1.54, 1.807) is 11.8 Å². The molecule has 0 spiro atoms. The number of likely N-dealkylation sites (tertiary alicyclic amines) is 1. The van der Waals surface area contributed by atoms with Crippen LogP contribution in [0.25, 0.3) is 0 Å². The molecular formula is C26H42N2O5. The molecule has 2 N–H and O–H groups in total. The number of ether oxygens (including phenoxy) is 1. The van der Waals surface area contributed by atoms with Gasteiger partial charge in [-0.15, -0.1) is 0 Å². The Balaban J connectivity index is 1.83. The molecule has 2 amide bonds. The quantitative estimate of drug-likeness (QED) is 0.279. The molecule has 0 radical (unpaired) electrons. The van der Waals surface area contributed by atoms with E-state index >= 15 is 0 Å². The van der Waals surface area contributed by atoms with Gasteiger partial charge >= 0.3 is 5.97 Å². The van der Waals surface area contributed by atoms with Crippen LogP contribution in [0.3, 0.4) is 0 Å². The average molecular weight is 463 g/mol. The predicted molar refractivity (Wildman–Crippen MR) is 126 cm³/mol. The minimum Gasteiger partial charge on any atom is -0.466 e. The van der Waals surface area contributed by atoms with Crippen molar-refractivity contribution in [3.63, 3.8) is 0 Å². The number of allylic oxidation sites excluding steroid dienone is 1. The number of aliphatic hydroxyl groups excluding tert-OH is 1. The Kier molecular flexibility index (Phi) is 9.78. The first-order valence-corrected chi connectivity index (χ1v) is 13.1. The summed E-state index contributed by atoms with van der Waals surface area (Å²) in [6, 6.07) is -0.406. The minimum atomic E-state index is -0.576.